The Morgan fingerprint density at radius 1 is 1.21 bits per heavy atom. The number of ether oxygens (including phenoxy) is 1. The molecule has 38 heavy (non-hydrogen) atoms. The number of amides is 1. The minimum absolute atomic E-state index is 0.00448. The Morgan fingerprint density at radius 2 is 2.05 bits per heavy atom. The molecular weight excluding hydrogens is 478 g/mol. The summed E-state index contributed by atoms with van der Waals surface area (Å²) in [7, 11) is 1.64. The summed E-state index contributed by atoms with van der Waals surface area (Å²) in [6, 6.07) is 6.19. The predicted octanol–water partition coefficient (Wildman–Crippen LogP) is 5.54. The molecule has 5 unspecified atom stereocenters. The van der Waals surface area contributed by atoms with Crippen molar-refractivity contribution >= 4 is 23.4 Å². The molecule has 1 aromatic carbocycles. The van der Waals surface area contributed by atoms with Crippen molar-refractivity contribution < 1.29 is 19.2 Å². The van der Waals surface area contributed by atoms with Gasteiger partial charge < -0.3 is 14.9 Å². The summed E-state index contributed by atoms with van der Waals surface area (Å²) in [6.45, 7) is 5.95. The largest absolute Gasteiger partial charge is 0.427 e. The lowest BCUT2D eigenvalue weighted by atomic mass is 9.54. The van der Waals surface area contributed by atoms with E-state index in [0.29, 0.717) is 47.7 Å². The fourth-order valence-electron chi connectivity index (χ4n) is 8.40. The summed E-state index contributed by atoms with van der Waals surface area (Å²) in [6.07, 6.45) is 9.56. The average Bonchev–Trinajstić information content (AvgIpc) is 3.64. The lowest BCUT2D eigenvalue weighted by molar-refractivity contribution is -0.131. The highest BCUT2D eigenvalue weighted by atomic mass is 16.6. The maximum Gasteiger partial charge on any atom is 0.308 e. The van der Waals surface area contributed by atoms with Crippen LogP contribution in [0.4, 0.5) is 0 Å². The first kappa shape index (κ1) is 25.3. The van der Waals surface area contributed by atoms with Crippen LogP contribution in [0.3, 0.4) is 0 Å². The third kappa shape index (κ3) is 4.38. The Kier molecular flexibility index (Phi) is 6.43. The molecule has 3 saturated carbocycles. The highest BCUT2D eigenvalue weighted by molar-refractivity contribution is 6.01. The zero-order valence-corrected chi connectivity index (χ0v) is 23.0. The van der Waals surface area contributed by atoms with Gasteiger partial charge in [-0.15, -0.1) is 0 Å². The second-order valence-electron chi connectivity index (χ2n) is 12.4. The van der Waals surface area contributed by atoms with E-state index in [1.54, 1.807) is 7.11 Å². The Labute approximate surface area is 225 Å². The molecule has 0 aromatic heterocycles. The number of nitrogens with zero attached hydrogens (tertiary/aromatic N) is 2. The molecule has 0 saturated heterocycles. The number of aliphatic imine (C=N–C) groups is 1. The van der Waals surface area contributed by atoms with E-state index in [0.717, 1.165) is 50.8 Å². The lowest BCUT2D eigenvalue weighted by Crippen LogP contribution is -2.44. The van der Waals surface area contributed by atoms with E-state index < -0.39 is 0 Å². The number of allylic oxidation sites excluding steroid dienone is 1. The van der Waals surface area contributed by atoms with Gasteiger partial charge in [-0.25, -0.2) is 4.99 Å². The molecule has 1 aromatic rings. The Balaban J connectivity index is 1.20. The molecule has 4 aliphatic carbocycles. The van der Waals surface area contributed by atoms with Crippen LogP contribution in [-0.4, -0.2) is 30.5 Å². The fourth-order valence-corrected chi connectivity index (χ4v) is 8.40. The minimum atomic E-state index is -0.283. The van der Waals surface area contributed by atoms with Crippen LogP contribution in [0.2, 0.25) is 0 Å². The van der Waals surface area contributed by atoms with Crippen molar-refractivity contribution in [1.82, 2.24) is 5.32 Å². The van der Waals surface area contributed by atoms with Crippen molar-refractivity contribution in [3.8, 4) is 5.75 Å². The topological polar surface area (TPSA) is 89.3 Å². The fraction of sp³-hybridized carbons (Fsp3) is 0.613. The van der Waals surface area contributed by atoms with Crippen molar-refractivity contribution in [2.24, 2.45) is 45.2 Å². The van der Waals surface area contributed by atoms with Crippen LogP contribution in [0.1, 0.15) is 82.8 Å². The number of fused-ring (bicyclic) bond motifs is 6. The Hall–Kier alpha value is -2.96. The van der Waals surface area contributed by atoms with Crippen molar-refractivity contribution in [3.63, 3.8) is 0 Å². The van der Waals surface area contributed by atoms with E-state index in [-0.39, 0.29) is 17.3 Å². The van der Waals surface area contributed by atoms with Crippen LogP contribution in [0.25, 0.3) is 0 Å². The Bertz CT molecular complexity index is 1250. The third-order valence-corrected chi connectivity index (χ3v) is 10.2. The van der Waals surface area contributed by atoms with Crippen molar-refractivity contribution in [2.75, 3.05) is 7.11 Å². The number of carbonyl (C=O) groups is 2. The number of benzene rings is 1. The monoisotopic (exact) mass is 517 g/mol. The first-order valence-electron chi connectivity index (χ1n) is 14.2. The van der Waals surface area contributed by atoms with Gasteiger partial charge >= 0.3 is 5.97 Å². The van der Waals surface area contributed by atoms with Crippen molar-refractivity contribution in [1.29, 1.82) is 0 Å². The molecule has 5 aliphatic rings. The molecule has 7 atom stereocenters. The molecular formula is C31H39N3O4. The van der Waals surface area contributed by atoms with Gasteiger partial charge in [0.15, 0.2) is 0 Å². The second kappa shape index (κ2) is 9.65. The van der Waals surface area contributed by atoms with Crippen molar-refractivity contribution in [3.05, 3.63) is 41.1 Å². The normalized spacial score (nSPS) is 35.6. The van der Waals surface area contributed by atoms with Gasteiger partial charge in [-0.3, -0.25) is 9.59 Å². The SMILES string of the molecule is CO/N=C1\C[C@@H](CCC(=O)NC2=NC=C(C)C3CC23)C2C3CCc4cc(OC(C)=O)ccc4C3CC[C@]12C. The zero-order chi connectivity index (χ0) is 26.6. The number of aryl methyl sites for hydroxylation is 1. The number of carbonyl (C=O) groups excluding carboxylic acids is 2. The highest BCUT2D eigenvalue weighted by Gasteiger charge is 2.57. The van der Waals surface area contributed by atoms with E-state index in [9.17, 15) is 9.59 Å². The summed E-state index contributed by atoms with van der Waals surface area (Å²) >= 11 is 0. The standard InChI is InChI=1S/C31H39N3O4/c1-17-16-32-30(26-15-25(17)26)33-28(36)10-6-20-14-27(34-37-4)31(3)12-11-23-22-9-7-21(38-18(2)35)13-19(22)5-8-24(23)29(20)31/h7,9,13,16,20,23-26,29H,5-6,8,10-12,14-15H2,1-4H3,(H,32,33,36)/b34-27+/t20-,23?,24?,25?,26?,29?,31-/m1/s1. The molecule has 6 rings (SSSR count). The van der Waals surface area contributed by atoms with Gasteiger partial charge in [-0.1, -0.05) is 23.7 Å². The molecule has 3 fully saturated rings. The maximum absolute atomic E-state index is 13.0. The number of nitrogens with one attached hydrogen (secondary N) is 1. The smallest absolute Gasteiger partial charge is 0.308 e. The van der Waals surface area contributed by atoms with Gasteiger partial charge in [0, 0.05) is 30.9 Å². The quantitative estimate of drug-likeness (QED) is 0.315. The highest BCUT2D eigenvalue weighted by Crippen LogP contribution is 2.62. The summed E-state index contributed by atoms with van der Waals surface area (Å²) in [5.41, 5.74) is 5.22. The first-order valence-corrected chi connectivity index (χ1v) is 14.2. The predicted molar refractivity (Wildman–Crippen MR) is 146 cm³/mol. The first-order chi connectivity index (χ1) is 18.3. The van der Waals surface area contributed by atoms with Gasteiger partial charge in [0.05, 0.1) is 5.71 Å². The van der Waals surface area contributed by atoms with E-state index in [1.165, 1.54) is 29.3 Å². The molecule has 0 radical (unpaired) electrons. The molecule has 1 amide bonds. The van der Waals surface area contributed by atoms with Crippen LogP contribution < -0.4 is 10.1 Å². The number of oxime groups is 1. The van der Waals surface area contributed by atoms with Crippen LogP contribution in [0.5, 0.6) is 5.75 Å². The minimum Gasteiger partial charge on any atom is -0.427 e. The molecule has 0 spiro atoms. The van der Waals surface area contributed by atoms with Crippen LogP contribution in [-0.2, 0) is 20.8 Å². The Morgan fingerprint density at radius 3 is 2.84 bits per heavy atom. The summed E-state index contributed by atoms with van der Waals surface area (Å²) in [5.74, 6) is 4.18. The molecule has 7 nitrogen and oxygen atoms in total. The maximum atomic E-state index is 13.0. The number of amidine groups is 1. The van der Waals surface area contributed by atoms with E-state index in [1.807, 2.05) is 12.3 Å². The average molecular weight is 518 g/mol. The van der Waals surface area contributed by atoms with Crippen LogP contribution in [0.15, 0.2) is 40.1 Å². The molecule has 0 bridgehead atoms. The van der Waals surface area contributed by atoms with Gasteiger partial charge in [-0.2, -0.15) is 0 Å². The molecule has 7 heteroatoms. The van der Waals surface area contributed by atoms with Crippen molar-refractivity contribution in [2.45, 2.75) is 78.1 Å². The van der Waals surface area contributed by atoms with Crippen LogP contribution in [0, 0.1) is 35.0 Å². The summed E-state index contributed by atoms with van der Waals surface area (Å²) in [4.78, 5) is 34.3. The molecule has 1 heterocycles. The van der Waals surface area contributed by atoms with Gasteiger partial charge in [0.2, 0.25) is 5.91 Å². The van der Waals surface area contributed by atoms with E-state index >= 15 is 0 Å². The summed E-state index contributed by atoms with van der Waals surface area (Å²) < 4.78 is 5.36. The third-order valence-electron chi connectivity index (χ3n) is 10.2. The lowest BCUT2D eigenvalue weighted by Gasteiger charge is -2.50. The van der Waals surface area contributed by atoms with Gasteiger partial charge in [0.1, 0.15) is 18.7 Å². The molecule has 202 valence electrons. The van der Waals surface area contributed by atoms with E-state index in [4.69, 9.17) is 9.57 Å². The number of rotatable bonds is 5. The van der Waals surface area contributed by atoms with E-state index in [2.05, 4.69) is 41.4 Å². The number of hydrogen-bond acceptors (Lipinski definition) is 6. The number of hydrogen-bond donors (Lipinski definition) is 1. The molecule has 1 aliphatic heterocycles. The van der Waals surface area contributed by atoms with Gasteiger partial charge in [-0.05, 0) is 105 Å². The zero-order valence-electron chi connectivity index (χ0n) is 23.0. The number of esters is 1. The van der Waals surface area contributed by atoms with Gasteiger partial charge in [0.25, 0.3) is 0 Å². The summed E-state index contributed by atoms with van der Waals surface area (Å²) in [5, 5.41) is 7.67. The molecule has 1 N–H and O–H groups in total. The van der Waals surface area contributed by atoms with Crippen LogP contribution >= 0.6 is 0 Å². The second-order valence-corrected chi connectivity index (χ2v) is 12.4.